The van der Waals surface area contributed by atoms with Crippen LogP contribution in [0.15, 0.2) is 4.99 Å². The minimum Gasteiger partial charge on any atom is -0.381 e. The molecule has 116 valence electrons. The molecular weight excluding hydrogens is 270 g/mol. The van der Waals surface area contributed by atoms with Crippen LogP contribution in [0.2, 0.25) is 0 Å². The average Bonchev–Trinajstić information content (AvgIpc) is 3.13. The molecule has 1 unspecified atom stereocenters. The maximum absolute atomic E-state index is 5.64. The first-order chi connectivity index (χ1) is 9.88. The Balaban J connectivity index is 1.53. The summed E-state index contributed by atoms with van der Waals surface area (Å²) in [6.45, 7) is 6.74. The van der Waals surface area contributed by atoms with Gasteiger partial charge in [-0.3, -0.25) is 4.99 Å². The molecule has 1 aliphatic heterocycles. The van der Waals surface area contributed by atoms with Gasteiger partial charge in [0.25, 0.3) is 0 Å². The Hall–Kier alpha value is -0.420. The van der Waals surface area contributed by atoms with E-state index in [1.54, 1.807) is 0 Å². The second-order valence-corrected chi connectivity index (χ2v) is 7.06. The van der Waals surface area contributed by atoms with Crippen LogP contribution in [0.1, 0.15) is 39.0 Å². The maximum Gasteiger partial charge on any atom is 0.191 e. The molecule has 0 bridgehead atoms. The van der Waals surface area contributed by atoms with Gasteiger partial charge >= 0.3 is 0 Å². The number of hydrogen-bond acceptors (Lipinski definition) is 3. The van der Waals surface area contributed by atoms with Crippen LogP contribution in [0.3, 0.4) is 0 Å². The molecular formula is C15H29N3OS. The molecule has 1 aliphatic carbocycles. The highest BCUT2D eigenvalue weighted by Gasteiger charge is 2.20. The van der Waals surface area contributed by atoms with Crippen molar-refractivity contribution in [2.24, 2.45) is 10.9 Å². The number of hydrogen-bond donors (Lipinski definition) is 2. The van der Waals surface area contributed by atoms with Crippen molar-refractivity contribution in [3.8, 4) is 0 Å². The lowest BCUT2D eigenvalue weighted by molar-refractivity contribution is 0.123. The van der Waals surface area contributed by atoms with E-state index in [0.29, 0.717) is 0 Å². The van der Waals surface area contributed by atoms with Crippen molar-refractivity contribution < 1.29 is 4.74 Å². The Kier molecular flexibility index (Phi) is 7.58. The van der Waals surface area contributed by atoms with E-state index in [1.165, 1.54) is 31.4 Å². The van der Waals surface area contributed by atoms with E-state index < -0.39 is 0 Å². The first-order valence-electron chi connectivity index (χ1n) is 8.10. The molecule has 1 heterocycles. The lowest BCUT2D eigenvalue weighted by Gasteiger charge is -2.12. The largest absolute Gasteiger partial charge is 0.381 e. The van der Waals surface area contributed by atoms with Gasteiger partial charge in [-0.05, 0) is 50.7 Å². The Morgan fingerprint density at radius 2 is 2.20 bits per heavy atom. The highest BCUT2D eigenvalue weighted by Crippen LogP contribution is 2.28. The smallest absolute Gasteiger partial charge is 0.191 e. The van der Waals surface area contributed by atoms with Gasteiger partial charge in [-0.2, -0.15) is 11.8 Å². The summed E-state index contributed by atoms with van der Waals surface area (Å²) in [6.07, 6.45) is 6.47. The van der Waals surface area contributed by atoms with Crippen LogP contribution in [-0.4, -0.2) is 49.8 Å². The summed E-state index contributed by atoms with van der Waals surface area (Å²) < 4.78 is 5.64. The number of ether oxygens (including phenoxy) is 1. The molecule has 1 atom stereocenters. The topological polar surface area (TPSA) is 45.7 Å². The lowest BCUT2D eigenvalue weighted by atomic mass is 10.2. The van der Waals surface area contributed by atoms with Gasteiger partial charge < -0.3 is 15.4 Å². The molecule has 0 aromatic heterocycles. The van der Waals surface area contributed by atoms with E-state index in [9.17, 15) is 0 Å². The van der Waals surface area contributed by atoms with Crippen molar-refractivity contribution in [1.82, 2.24) is 10.6 Å². The van der Waals surface area contributed by atoms with E-state index in [1.807, 2.05) is 0 Å². The summed E-state index contributed by atoms with van der Waals surface area (Å²) in [4.78, 5) is 4.68. The fourth-order valence-electron chi connectivity index (χ4n) is 2.24. The normalized spacial score (nSPS) is 23.1. The summed E-state index contributed by atoms with van der Waals surface area (Å²) in [5, 5.41) is 7.44. The van der Waals surface area contributed by atoms with Crippen molar-refractivity contribution in [3.63, 3.8) is 0 Å². The van der Waals surface area contributed by atoms with Gasteiger partial charge in [-0.1, -0.05) is 0 Å². The average molecular weight is 299 g/mol. The van der Waals surface area contributed by atoms with E-state index in [-0.39, 0.29) is 0 Å². The highest BCUT2D eigenvalue weighted by atomic mass is 32.2. The van der Waals surface area contributed by atoms with E-state index in [0.717, 1.165) is 56.4 Å². The summed E-state index contributed by atoms with van der Waals surface area (Å²) in [7, 11) is 0. The van der Waals surface area contributed by atoms with E-state index >= 15 is 0 Å². The van der Waals surface area contributed by atoms with Crippen LogP contribution in [0.25, 0.3) is 0 Å². The molecule has 1 saturated carbocycles. The molecule has 2 fully saturated rings. The zero-order valence-electron chi connectivity index (χ0n) is 12.7. The van der Waals surface area contributed by atoms with E-state index in [2.05, 4.69) is 34.3 Å². The van der Waals surface area contributed by atoms with Crippen LogP contribution < -0.4 is 10.6 Å². The molecule has 1 saturated heterocycles. The van der Waals surface area contributed by atoms with Crippen LogP contribution >= 0.6 is 11.8 Å². The third-order valence-electron chi connectivity index (χ3n) is 3.63. The Labute approximate surface area is 127 Å². The van der Waals surface area contributed by atoms with E-state index in [4.69, 9.17) is 4.74 Å². The van der Waals surface area contributed by atoms with Crippen molar-refractivity contribution in [2.45, 2.75) is 44.3 Å². The van der Waals surface area contributed by atoms with Gasteiger partial charge in [-0.25, -0.2) is 0 Å². The van der Waals surface area contributed by atoms with Crippen molar-refractivity contribution in [1.29, 1.82) is 0 Å². The lowest BCUT2D eigenvalue weighted by Crippen LogP contribution is -2.38. The number of nitrogens with one attached hydrogen (secondary N) is 2. The molecule has 2 N–H and O–H groups in total. The third-order valence-corrected chi connectivity index (χ3v) is 5.01. The minimum absolute atomic E-state index is 0.729. The van der Waals surface area contributed by atoms with Gasteiger partial charge in [0.1, 0.15) is 0 Å². The first kappa shape index (κ1) is 16.0. The van der Waals surface area contributed by atoms with Crippen LogP contribution in [0.4, 0.5) is 0 Å². The van der Waals surface area contributed by atoms with Gasteiger partial charge in [0.15, 0.2) is 5.96 Å². The third kappa shape index (κ3) is 6.84. The Morgan fingerprint density at radius 1 is 1.30 bits per heavy atom. The summed E-state index contributed by atoms with van der Waals surface area (Å²) in [6, 6.07) is 0. The summed E-state index contributed by atoms with van der Waals surface area (Å²) in [5.41, 5.74) is 0. The zero-order chi connectivity index (χ0) is 14.0. The monoisotopic (exact) mass is 299 g/mol. The van der Waals surface area contributed by atoms with Gasteiger partial charge in [0.05, 0.1) is 6.54 Å². The number of guanidine groups is 1. The predicted molar refractivity (Wildman–Crippen MR) is 87.6 cm³/mol. The Bertz CT molecular complexity index is 289. The zero-order valence-corrected chi connectivity index (χ0v) is 13.5. The van der Waals surface area contributed by atoms with Crippen LogP contribution in [0, 0.1) is 5.92 Å². The number of aliphatic imine (C=N–C) groups is 1. The first-order valence-corrected chi connectivity index (χ1v) is 9.15. The van der Waals surface area contributed by atoms with Gasteiger partial charge in [0, 0.05) is 31.6 Å². The van der Waals surface area contributed by atoms with Crippen LogP contribution in [0.5, 0.6) is 0 Å². The van der Waals surface area contributed by atoms with Gasteiger partial charge in [0.2, 0.25) is 0 Å². The second-order valence-electron chi connectivity index (χ2n) is 5.65. The molecule has 4 nitrogen and oxygen atoms in total. The number of nitrogens with zero attached hydrogens (tertiary/aromatic N) is 1. The SMILES string of the molecule is CCNC(=NCC1CCCS1)NCCCOCC1CC1. The molecule has 0 aromatic carbocycles. The summed E-state index contributed by atoms with van der Waals surface area (Å²) >= 11 is 2.06. The van der Waals surface area contributed by atoms with Crippen molar-refractivity contribution >= 4 is 17.7 Å². The van der Waals surface area contributed by atoms with Crippen molar-refractivity contribution in [2.75, 3.05) is 38.6 Å². The maximum atomic E-state index is 5.64. The Morgan fingerprint density at radius 3 is 2.90 bits per heavy atom. The molecule has 2 rings (SSSR count). The quantitative estimate of drug-likeness (QED) is 0.389. The van der Waals surface area contributed by atoms with Gasteiger partial charge in [-0.15, -0.1) is 0 Å². The minimum atomic E-state index is 0.729. The molecule has 2 aliphatic rings. The fraction of sp³-hybridized carbons (Fsp3) is 0.933. The molecule has 0 aromatic rings. The molecule has 0 amide bonds. The number of thioether (sulfide) groups is 1. The predicted octanol–water partition coefficient (Wildman–Crippen LogP) is 2.25. The molecule has 0 radical (unpaired) electrons. The molecule has 0 spiro atoms. The molecule has 5 heteroatoms. The highest BCUT2D eigenvalue weighted by molar-refractivity contribution is 8.00. The molecule has 20 heavy (non-hydrogen) atoms. The second kappa shape index (κ2) is 9.50. The van der Waals surface area contributed by atoms with Crippen LogP contribution in [-0.2, 0) is 4.74 Å². The number of rotatable bonds is 9. The van der Waals surface area contributed by atoms with Crippen molar-refractivity contribution in [3.05, 3.63) is 0 Å². The fourth-order valence-corrected chi connectivity index (χ4v) is 3.42. The summed E-state index contributed by atoms with van der Waals surface area (Å²) in [5.74, 6) is 3.13. The standard InChI is InChI=1S/C15H29N3OS/c1-2-16-15(18-11-14-5-3-10-20-14)17-8-4-9-19-12-13-6-7-13/h13-14H,2-12H2,1H3,(H2,16,17,18).